The number of likely N-dealkylation sites (tertiary alicyclic amines) is 1. The van der Waals surface area contributed by atoms with Crippen molar-refractivity contribution in [1.29, 1.82) is 0 Å². The molecule has 0 aliphatic carbocycles. The number of hydrogen-bond donors (Lipinski definition) is 2. The molecule has 1 saturated heterocycles. The zero-order valence-electron chi connectivity index (χ0n) is 19.3. The lowest BCUT2D eigenvalue weighted by Gasteiger charge is -2.24. The van der Waals surface area contributed by atoms with E-state index in [1.165, 1.54) is 17.0 Å². The van der Waals surface area contributed by atoms with Crippen molar-refractivity contribution in [3.63, 3.8) is 0 Å². The summed E-state index contributed by atoms with van der Waals surface area (Å²) in [4.78, 5) is 27.3. The normalized spacial score (nSPS) is 15.5. The molecule has 1 aliphatic heterocycles. The molecule has 1 heterocycles. The average molecular weight is 494 g/mol. The number of carbonyl (C=O) groups is 2. The van der Waals surface area contributed by atoms with E-state index in [-0.39, 0.29) is 17.2 Å². The van der Waals surface area contributed by atoms with Gasteiger partial charge in [0.05, 0.1) is 16.3 Å². The van der Waals surface area contributed by atoms with Crippen molar-refractivity contribution < 1.29 is 22.7 Å². The molecule has 3 aromatic carbocycles. The van der Waals surface area contributed by atoms with E-state index >= 15 is 0 Å². The molecule has 8 nitrogen and oxygen atoms in total. The Bertz CT molecular complexity index is 1290. The average Bonchev–Trinajstić information content (AvgIpc) is 3.35. The number of hydrogen-bond acceptors (Lipinski definition) is 5. The highest BCUT2D eigenvalue weighted by molar-refractivity contribution is 7.92. The van der Waals surface area contributed by atoms with E-state index in [9.17, 15) is 18.0 Å². The highest BCUT2D eigenvalue weighted by Gasteiger charge is 2.35. The molecule has 0 saturated carbocycles. The number of aryl methyl sites for hydroxylation is 1. The van der Waals surface area contributed by atoms with Crippen molar-refractivity contribution in [2.24, 2.45) is 0 Å². The summed E-state index contributed by atoms with van der Waals surface area (Å²) in [5.74, 6) is -0.402. The summed E-state index contributed by atoms with van der Waals surface area (Å²) < 4.78 is 33.6. The minimum Gasteiger partial charge on any atom is -0.445 e. The van der Waals surface area contributed by atoms with Crippen molar-refractivity contribution in [2.45, 2.75) is 37.3 Å². The van der Waals surface area contributed by atoms with Crippen LogP contribution in [0.3, 0.4) is 0 Å². The summed E-state index contributed by atoms with van der Waals surface area (Å²) in [6, 6.07) is 21.6. The first-order chi connectivity index (χ1) is 16.8. The molecule has 0 radical (unpaired) electrons. The van der Waals surface area contributed by atoms with E-state index in [0.717, 1.165) is 11.1 Å². The quantitative estimate of drug-likeness (QED) is 0.503. The van der Waals surface area contributed by atoms with E-state index in [2.05, 4.69) is 10.0 Å². The molecule has 2 amide bonds. The summed E-state index contributed by atoms with van der Waals surface area (Å²) in [6.07, 6.45) is 0.601. The fourth-order valence-electron chi connectivity index (χ4n) is 3.88. The summed E-state index contributed by atoms with van der Waals surface area (Å²) in [5, 5.41) is 2.78. The fraction of sp³-hybridized carbons (Fsp3) is 0.231. The predicted octanol–water partition coefficient (Wildman–Crippen LogP) is 4.54. The largest absolute Gasteiger partial charge is 0.445 e. The lowest BCUT2D eigenvalue weighted by Crippen LogP contribution is -2.43. The van der Waals surface area contributed by atoms with Crippen LogP contribution in [0.25, 0.3) is 0 Å². The van der Waals surface area contributed by atoms with Gasteiger partial charge in [0.2, 0.25) is 5.91 Å². The molecular formula is C26H27N3O5S. The number of amides is 2. The number of anilines is 2. The second-order valence-electron chi connectivity index (χ2n) is 8.34. The minimum atomic E-state index is -3.85. The predicted molar refractivity (Wildman–Crippen MR) is 133 cm³/mol. The first-order valence-corrected chi connectivity index (χ1v) is 12.8. The Hall–Kier alpha value is -3.85. The van der Waals surface area contributed by atoms with Gasteiger partial charge >= 0.3 is 6.09 Å². The standard InChI is InChI=1S/C26H27N3O5S/c1-19-13-15-21(16-14-19)35(32,33)28-23-11-6-5-10-22(23)27-25(30)24-12-7-17-29(24)26(31)34-18-20-8-3-2-4-9-20/h2-6,8-11,13-16,24,28H,7,12,17-18H2,1H3,(H,27,30)/t24-/m0/s1. The van der Waals surface area contributed by atoms with Crippen molar-refractivity contribution in [3.05, 3.63) is 90.0 Å². The maximum atomic E-state index is 13.1. The molecule has 1 fully saturated rings. The third kappa shape index (κ3) is 5.99. The number of nitrogens with zero attached hydrogens (tertiary/aromatic N) is 1. The van der Waals surface area contributed by atoms with E-state index in [4.69, 9.17) is 4.74 Å². The summed E-state index contributed by atoms with van der Waals surface area (Å²) >= 11 is 0. The van der Waals surface area contributed by atoms with Gasteiger partial charge in [0.15, 0.2) is 0 Å². The van der Waals surface area contributed by atoms with E-state index in [1.807, 2.05) is 37.3 Å². The molecule has 0 unspecified atom stereocenters. The molecule has 4 rings (SSSR count). The molecular weight excluding hydrogens is 466 g/mol. The van der Waals surface area contributed by atoms with Crippen molar-refractivity contribution in [1.82, 2.24) is 4.90 Å². The van der Waals surface area contributed by atoms with Crippen LogP contribution in [0.15, 0.2) is 83.8 Å². The first-order valence-electron chi connectivity index (χ1n) is 11.3. The second-order valence-corrected chi connectivity index (χ2v) is 10.0. The Morgan fingerprint density at radius 2 is 1.60 bits per heavy atom. The number of rotatable bonds is 7. The van der Waals surface area contributed by atoms with Gasteiger partial charge in [-0.25, -0.2) is 13.2 Å². The third-order valence-electron chi connectivity index (χ3n) is 5.76. The summed E-state index contributed by atoms with van der Waals surface area (Å²) in [5.41, 5.74) is 2.34. The van der Waals surface area contributed by atoms with Gasteiger partial charge in [0.1, 0.15) is 12.6 Å². The fourth-order valence-corrected chi connectivity index (χ4v) is 4.96. The first kappa shape index (κ1) is 24.3. The number of nitrogens with one attached hydrogen (secondary N) is 2. The minimum absolute atomic E-state index is 0.118. The number of para-hydroxylation sites is 2. The van der Waals surface area contributed by atoms with Crippen LogP contribution in [-0.2, 0) is 26.2 Å². The molecule has 1 aliphatic rings. The van der Waals surface area contributed by atoms with E-state index in [1.54, 1.807) is 36.4 Å². The number of sulfonamides is 1. The summed E-state index contributed by atoms with van der Waals surface area (Å²) in [6.45, 7) is 2.40. The van der Waals surface area contributed by atoms with Crippen LogP contribution >= 0.6 is 0 Å². The van der Waals surface area contributed by atoms with Crippen LogP contribution < -0.4 is 10.0 Å². The van der Waals surface area contributed by atoms with Gasteiger partial charge in [-0.3, -0.25) is 14.4 Å². The number of carbonyl (C=O) groups excluding carboxylic acids is 2. The van der Waals surface area contributed by atoms with Gasteiger partial charge in [-0.2, -0.15) is 0 Å². The van der Waals surface area contributed by atoms with Gasteiger partial charge in [0, 0.05) is 6.54 Å². The van der Waals surface area contributed by atoms with Crippen molar-refractivity contribution >= 4 is 33.4 Å². The molecule has 182 valence electrons. The highest BCUT2D eigenvalue weighted by Crippen LogP contribution is 2.27. The molecule has 35 heavy (non-hydrogen) atoms. The van der Waals surface area contributed by atoms with Gasteiger partial charge in [-0.15, -0.1) is 0 Å². The molecule has 0 bridgehead atoms. The Kier molecular flexibility index (Phi) is 7.36. The molecule has 1 atom stereocenters. The lowest BCUT2D eigenvalue weighted by atomic mass is 10.2. The molecule has 0 spiro atoms. The molecule has 2 N–H and O–H groups in total. The van der Waals surface area contributed by atoms with Crippen LogP contribution in [0.4, 0.5) is 16.2 Å². The van der Waals surface area contributed by atoms with Gasteiger partial charge < -0.3 is 10.1 Å². The lowest BCUT2D eigenvalue weighted by molar-refractivity contribution is -0.120. The van der Waals surface area contributed by atoms with Crippen LogP contribution in [0.2, 0.25) is 0 Å². The molecule has 0 aromatic heterocycles. The van der Waals surface area contributed by atoms with Crippen molar-refractivity contribution in [2.75, 3.05) is 16.6 Å². The zero-order valence-corrected chi connectivity index (χ0v) is 20.1. The Morgan fingerprint density at radius 3 is 2.31 bits per heavy atom. The van der Waals surface area contributed by atoms with Crippen LogP contribution in [0, 0.1) is 6.92 Å². The van der Waals surface area contributed by atoms with Gasteiger partial charge in [-0.1, -0.05) is 60.2 Å². The second kappa shape index (κ2) is 10.6. The van der Waals surface area contributed by atoms with Gasteiger partial charge in [0.25, 0.3) is 10.0 Å². The Morgan fingerprint density at radius 1 is 0.943 bits per heavy atom. The van der Waals surface area contributed by atoms with Crippen molar-refractivity contribution in [3.8, 4) is 0 Å². The Labute approximate surface area is 205 Å². The Balaban J connectivity index is 1.44. The smallest absolute Gasteiger partial charge is 0.410 e. The monoisotopic (exact) mass is 493 g/mol. The van der Waals surface area contributed by atoms with Gasteiger partial charge in [-0.05, 0) is 49.6 Å². The SMILES string of the molecule is Cc1ccc(S(=O)(=O)Nc2ccccc2NC(=O)[C@@H]2CCCN2C(=O)OCc2ccccc2)cc1. The maximum absolute atomic E-state index is 13.1. The topological polar surface area (TPSA) is 105 Å². The zero-order chi connectivity index (χ0) is 24.8. The van der Waals surface area contributed by atoms with E-state index in [0.29, 0.717) is 25.1 Å². The number of benzene rings is 3. The maximum Gasteiger partial charge on any atom is 0.410 e. The molecule has 9 heteroatoms. The van der Waals surface area contributed by atoms with E-state index < -0.39 is 28.1 Å². The highest BCUT2D eigenvalue weighted by atomic mass is 32.2. The summed E-state index contributed by atoms with van der Waals surface area (Å²) in [7, 11) is -3.85. The third-order valence-corrected chi connectivity index (χ3v) is 7.14. The van der Waals surface area contributed by atoms with Crippen LogP contribution in [0.1, 0.15) is 24.0 Å². The van der Waals surface area contributed by atoms with Crippen LogP contribution in [0.5, 0.6) is 0 Å². The number of ether oxygens (including phenoxy) is 1. The molecule has 3 aromatic rings. The van der Waals surface area contributed by atoms with Crippen LogP contribution in [-0.4, -0.2) is 37.9 Å².